The number of aromatic nitrogens is 8. The molecule has 0 saturated carbocycles. The Balaban J connectivity index is 1.07. The molecule has 0 fully saturated rings. The van der Waals surface area contributed by atoms with Crippen LogP contribution in [0.5, 0.6) is 0 Å². The highest BCUT2D eigenvalue weighted by Crippen LogP contribution is 2.40. The Bertz CT molecular complexity index is 3280. The predicted octanol–water partition coefficient (Wildman–Crippen LogP) is 12.6. The number of thiophene rings is 1. The van der Waals surface area contributed by atoms with E-state index in [0.29, 0.717) is 40.4 Å². The number of nitrogens with zero attached hydrogens (tertiary/aromatic N) is 8. The van der Waals surface area contributed by atoms with Gasteiger partial charge in [0.05, 0.1) is 28.5 Å². The van der Waals surface area contributed by atoms with Gasteiger partial charge in [-0.15, -0.1) is 11.3 Å². The van der Waals surface area contributed by atoms with Crippen LogP contribution in [0.15, 0.2) is 194 Å². The molecule has 0 unspecified atom stereocenters. The van der Waals surface area contributed by atoms with Crippen LogP contribution in [-0.4, -0.2) is 39.9 Å². The van der Waals surface area contributed by atoms with E-state index >= 15 is 0 Å². The second kappa shape index (κ2) is 15.6. The lowest BCUT2D eigenvalue weighted by molar-refractivity contribution is 1.05. The molecule has 0 amide bonds. The minimum absolute atomic E-state index is 0.410. The van der Waals surface area contributed by atoms with Crippen molar-refractivity contribution in [3.05, 3.63) is 194 Å². The molecule has 0 bridgehead atoms. The normalized spacial score (nSPS) is 11.3. The van der Waals surface area contributed by atoms with Gasteiger partial charge >= 0.3 is 0 Å². The highest BCUT2D eigenvalue weighted by Gasteiger charge is 2.19. The zero-order valence-corrected chi connectivity index (χ0v) is 33.3. The molecule has 0 saturated heterocycles. The van der Waals surface area contributed by atoms with Gasteiger partial charge in [0.2, 0.25) is 0 Å². The van der Waals surface area contributed by atoms with E-state index in [9.17, 15) is 0 Å². The quantitative estimate of drug-likeness (QED) is 0.150. The van der Waals surface area contributed by atoms with Gasteiger partial charge in [0.15, 0.2) is 23.3 Å². The van der Waals surface area contributed by atoms with Crippen LogP contribution in [-0.2, 0) is 0 Å². The summed E-state index contributed by atoms with van der Waals surface area (Å²) >= 11 is 1.83. The molecule has 6 aromatic heterocycles. The molecule has 0 N–H and O–H groups in total. The van der Waals surface area contributed by atoms with Crippen molar-refractivity contribution in [1.29, 1.82) is 0 Å². The number of pyridine rings is 3. The van der Waals surface area contributed by atoms with Crippen LogP contribution >= 0.6 is 11.3 Å². The van der Waals surface area contributed by atoms with Crippen molar-refractivity contribution in [2.75, 3.05) is 0 Å². The van der Waals surface area contributed by atoms with Gasteiger partial charge < -0.3 is 0 Å². The average molecular weight is 801 g/mol. The molecule has 0 aliphatic rings. The molecular formula is C52H32N8S. The third-order valence-corrected chi connectivity index (χ3v) is 11.7. The number of fused-ring (bicyclic) bond motifs is 3. The zero-order valence-electron chi connectivity index (χ0n) is 32.5. The molecule has 6 heterocycles. The Labute approximate surface area is 355 Å². The highest BCUT2D eigenvalue weighted by molar-refractivity contribution is 7.26. The van der Waals surface area contributed by atoms with E-state index in [1.54, 1.807) is 12.4 Å². The van der Waals surface area contributed by atoms with Crippen LogP contribution in [0.4, 0.5) is 0 Å². The summed E-state index contributed by atoms with van der Waals surface area (Å²) in [4.78, 5) is 39.8. The minimum Gasteiger partial charge on any atom is -0.255 e. The van der Waals surface area contributed by atoms with E-state index in [0.717, 1.165) is 44.9 Å². The van der Waals surface area contributed by atoms with E-state index in [2.05, 4.69) is 76.7 Å². The summed E-state index contributed by atoms with van der Waals surface area (Å²) < 4.78 is 2.56. The van der Waals surface area contributed by atoms with Crippen LogP contribution in [0.25, 0.3) is 111 Å². The minimum atomic E-state index is 0.410. The summed E-state index contributed by atoms with van der Waals surface area (Å²) in [6.45, 7) is 0. The Morgan fingerprint density at radius 2 is 0.836 bits per heavy atom. The summed E-state index contributed by atoms with van der Waals surface area (Å²) in [6.07, 6.45) is 3.52. The van der Waals surface area contributed by atoms with Crippen molar-refractivity contribution in [2.45, 2.75) is 0 Å². The van der Waals surface area contributed by atoms with Gasteiger partial charge in [-0.25, -0.2) is 29.9 Å². The maximum absolute atomic E-state index is 5.16. The van der Waals surface area contributed by atoms with Crippen LogP contribution < -0.4 is 0 Å². The lowest BCUT2D eigenvalue weighted by Gasteiger charge is -2.12. The standard InChI is InChI=1S/C52H32N8S/c1-3-14-35(15-4-1)49-56-43(34-26-24-33(25-27-34)38-19-13-20-40-39-18-7-8-23-47(39)61-48(38)40)32-46(57-49)52-59-50(36-16-5-2-6-17-36)58-51(60-52)37-30-44(41-21-9-11-28-53-41)55-45(31-37)42-22-10-12-29-54-42/h1-32H. The lowest BCUT2D eigenvalue weighted by Crippen LogP contribution is -2.04. The van der Waals surface area contributed by atoms with Crippen LogP contribution in [0.2, 0.25) is 0 Å². The molecule has 0 radical (unpaired) electrons. The second-order valence-electron chi connectivity index (χ2n) is 14.4. The van der Waals surface area contributed by atoms with Crippen molar-refractivity contribution in [3.8, 4) is 90.8 Å². The maximum Gasteiger partial charge on any atom is 0.182 e. The number of hydrogen-bond acceptors (Lipinski definition) is 9. The molecule has 0 spiro atoms. The Kier molecular flexibility index (Phi) is 9.18. The Morgan fingerprint density at radius 3 is 1.49 bits per heavy atom. The lowest BCUT2D eigenvalue weighted by atomic mass is 10.0. The fourth-order valence-electron chi connectivity index (χ4n) is 7.51. The van der Waals surface area contributed by atoms with Gasteiger partial charge in [-0.2, -0.15) is 0 Å². The summed E-state index contributed by atoms with van der Waals surface area (Å²) in [5.74, 6) is 1.95. The molecule has 8 nitrogen and oxygen atoms in total. The third kappa shape index (κ3) is 7.09. The molecule has 0 aliphatic heterocycles. The van der Waals surface area contributed by atoms with Crippen molar-refractivity contribution in [2.24, 2.45) is 0 Å². The molecule has 5 aromatic carbocycles. The molecule has 0 aliphatic carbocycles. The Morgan fingerprint density at radius 1 is 0.295 bits per heavy atom. The zero-order chi connectivity index (χ0) is 40.5. The molecular weight excluding hydrogens is 769 g/mol. The van der Waals surface area contributed by atoms with E-state index in [1.165, 1.54) is 25.7 Å². The van der Waals surface area contributed by atoms with Gasteiger partial charge in [-0.1, -0.05) is 133 Å². The van der Waals surface area contributed by atoms with Gasteiger partial charge in [0.25, 0.3) is 0 Å². The van der Waals surface area contributed by atoms with E-state index in [4.69, 9.17) is 29.9 Å². The average Bonchev–Trinajstić information content (AvgIpc) is 3.74. The monoisotopic (exact) mass is 800 g/mol. The molecule has 11 aromatic rings. The molecule has 9 heteroatoms. The fourth-order valence-corrected chi connectivity index (χ4v) is 8.75. The van der Waals surface area contributed by atoms with Crippen molar-refractivity contribution >= 4 is 31.5 Å². The number of rotatable bonds is 8. The van der Waals surface area contributed by atoms with Gasteiger partial charge in [-0.05, 0) is 59.7 Å². The summed E-state index contributed by atoms with van der Waals surface area (Å²) in [5, 5.41) is 2.56. The first-order chi connectivity index (χ1) is 30.2. The molecule has 286 valence electrons. The van der Waals surface area contributed by atoms with Crippen molar-refractivity contribution < 1.29 is 0 Å². The molecule has 0 atom stereocenters. The van der Waals surface area contributed by atoms with E-state index < -0.39 is 0 Å². The van der Waals surface area contributed by atoms with Gasteiger partial charge in [-0.3, -0.25) is 9.97 Å². The summed E-state index contributed by atoms with van der Waals surface area (Å²) in [6, 6.07) is 61.1. The first-order valence-electron chi connectivity index (χ1n) is 19.8. The van der Waals surface area contributed by atoms with Gasteiger partial charge in [0, 0.05) is 54.8 Å². The van der Waals surface area contributed by atoms with E-state index in [-0.39, 0.29) is 0 Å². The largest absolute Gasteiger partial charge is 0.255 e. The maximum atomic E-state index is 5.16. The van der Waals surface area contributed by atoms with Crippen LogP contribution in [0.3, 0.4) is 0 Å². The summed E-state index contributed by atoms with van der Waals surface area (Å²) in [5.41, 5.74) is 9.85. The second-order valence-corrected chi connectivity index (χ2v) is 15.5. The van der Waals surface area contributed by atoms with Crippen molar-refractivity contribution in [1.82, 2.24) is 39.9 Å². The van der Waals surface area contributed by atoms with Crippen LogP contribution in [0, 0.1) is 0 Å². The molecule has 11 rings (SSSR count). The van der Waals surface area contributed by atoms with E-state index in [1.807, 2.05) is 127 Å². The van der Waals surface area contributed by atoms with Crippen LogP contribution in [0.1, 0.15) is 0 Å². The smallest absolute Gasteiger partial charge is 0.182 e. The number of hydrogen-bond donors (Lipinski definition) is 0. The fraction of sp³-hybridized carbons (Fsp3) is 0. The highest BCUT2D eigenvalue weighted by atomic mass is 32.1. The Hall–Kier alpha value is -8.14. The molecule has 61 heavy (non-hydrogen) atoms. The van der Waals surface area contributed by atoms with Gasteiger partial charge in [0.1, 0.15) is 5.69 Å². The predicted molar refractivity (Wildman–Crippen MR) is 245 cm³/mol. The SMILES string of the molecule is c1ccc(-c2nc(-c3ccc(-c4cccc5c4sc4ccccc45)cc3)cc(-c3nc(-c4ccccc4)nc(-c4cc(-c5ccccn5)nc(-c5ccccn5)c4)n3)n2)cc1. The topological polar surface area (TPSA) is 103 Å². The summed E-state index contributed by atoms with van der Waals surface area (Å²) in [7, 11) is 0. The van der Waals surface area contributed by atoms with Crippen molar-refractivity contribution in [3.63, 3.8) is 0 Å². The third-order valence-electron chi connectivity index (χ3n) is 10.5. The first-order valence-corrected chi connectivity index (χ1v) is 20.6. The number of benzene rings is 5. The first kappa shape index (κ1) is 36.0.